The molecule has 2 rings (SSSR count). The molecule has 1 aliphatic heterocycles. The Morgan fingerprint density at radius 3 is 3.08 bits per heavy atom. The van der Waals surface area contributed by atoms with Crippen LogP contribution in [0.5, 0.6) is 0 Å². The fourth-order valence-corrected chi connectivity index (χ4v) is 1.94. The smallest absolute Gasteiger partial charge is 0.0596 e. The standard InChI is InChI=1S/C10H17N3/c1-8-6-9-10(2,3)7-11-4-5-13(9)12-8/h6,11H,4-5,7H2,1-3H3. The van der Waals surface area contributed by atoms with Crippen molar-refractivity contribution in [2.45, 2.75) is 32.7 Å². The number of rotatable bonds is 0. The predicted octanol–water partition coefficient (Wildman–Crippen LogP) is 1.07. The van der Waals surface area contributed by atoms with Gasteiger partial charge in [-0.2, -0.15) is 5.10 Å². The molecule has 0 aromatic carbocycles. The molecule has 1 aromatic rings. The molecule has 0 unspecified atom stereocenters. The second kappa shape index (κ2) is 2.84. The molecule has 1 aliphatic rings. The zero-order valence-corrected chi connectivity index (χ0v) is 8.59. The van der Waals surface area contributed by atoms with Crippen LogP contribution in [0.3, 0.4) is 0 Å². The highest BCUT2D eigenvalue weighted by molar-refractivity contribution is 5.19. The van der Waals surface area contributed by atoms with Gasteiger partial charge in [0.1, 0.15) is 0 Å². The van der Waals surface area contributed by atoms with Crippen molar-refractivity contribution in [2.75, 3.05) is 13.1 Å². The molecule has 2 heterocycles. The molecular formula is C10H17N3. The van der Waals surface area contributed by atoms with E-state index in [2.05, 4.69) is 41.9 Å². The zero-order chi connectivity index (χ0) is 9.47. The lowest BCUT2D eigenvalue weighted by molar-refractivity contribution is 0.478. The van der Waals surface area contributed by atoms with Gasteiger partial charge in [0.15, 0.2) is 0 Å². The quantitative estimate of drug-likeness (QED) is 0.645. The van der Waals surface area contributed by atoms with Crippen molar-refractivity contribution in [3.63, 3.8) is 0 Å². The van der Waals surface area contributed by atoms with E-state index in [1.165, 1.54) is 5.69 Å². The van der Waals surface area contributed by atoms with E-state index in [1.54, 1.807) is 0 Å². The predicted molar refractivity (Wildman–Crippen MR) is 52.9 cm³/mol. The fourth-order valence-electron chi connectivity index (χ4n) is 1.94. The topological polar surface area (TPSA) is 29.9 Å². The van der Waals surface area contributed by atoms with Gasteiger partial charge in [-0.25, -0.2) is 0 Å². The molecule has 0 spiro atoms. The van der Waals surface area contributed by atoms with Crippen molar-refractivity contribution in [2.24, 2.45) is 0 Å². The minimum atomic E-state index is 0.206. The van der Waals surface area contributed by atoms with Gasteiger partial charge < -0.3 is 5.32 Å². The summed E-state index contributed by atoms with van der Waals surface area (Å²) in [5, 5.41) is 7.91. The summed E-state index contributed by atoms with van der Waals surface area (Å²) in [4.78, 5) is 0. The number of fused-ring (bicyclic) bond motifs is 1. The van der Waals surface area contributed by atoms with Crippen LogP contribution in [0.15, 0.2) is 6.07 Å². The second-order valence-corrected chi connectivity index (χ2v) is 4.45. The first-order chi connectivity index (χ1) is 6.09. The van der Waals surface area contributed by atoms with Gasteiger partial charge in [-0.15, -0.1) is 0 Å². The van der Waals surface area contributed by atoms with Crippen LogP contribution in [0.25, 0.3) is 0 Å². The monoisotopic (exact) mass is 179 g/mol. The van der Waals surface area contributed by atoms with Crippen molar-refractivity contribution in [1.82, 2.24) is 15.1 Å². The van der Waals surface area contributed by atoms with E-state index in [4.69, 9.17) is 0 Å². The van der Waals surface area contributed by atoms with Crippen molar-refractivity contribution >= 4 is 0 Å². The highest BCUT2D eigenvalue weighted by Crippen LogP contribution is 2.24. The van der Waals surface area contributed by atoms with Gasteiger partial charge in [0.05, 0.1) is 12.2 Å². The second-order valence-electron chi connectivity index (χ2n) is 4.45. The molecule has 72 valence electrons. The third kappa shape index (κ3) is 1.48. The molecule has 0 saturated heterocycles. The molecule has 0 radical (unpaired) electrons. The third-order valence-electron chi connectivity index (χ3n) is 2.66. The molecule has 0 aliphatic carbocycles. The number of nitrogens with one attached hydrogen (secondary N) is 1. The fraction of sp³-hybridized carbons (Fsp3) is 0.700. The maximum atomic E-state index is 4.48. The van der Waals surface area contributed by atoms with E-state index in [-0.39, 0.29) is 5.41 Å². The summed E-state index contributed by atoms with van der Waals surface area (Å²) in [6, 6.07) is 2.20. The van der Waals surface area contributed by atoms with Gasteiger partial charge in [0.25, 0.3) is 0 Å². The molecule has 0 saturated carbocycles. The van der Waals surface area contributed by atoms with Crippen LogP contribution >= 0.6 is 0 Å². The minimum absolute atomic E-state index is 0.206. The lowest BCUT2D eigenvalue weighted by Gasteiger charge is -2.22. The summed E-state index contributed by atoms with van der Waals surface area (Å²) >= 11 is 0. The van der Waals surface area contributed by atoms with Gasteiger partial charge in [-0.1, -0.05) is 13.8 Å². The Bertz CT molecular complexity index is 312. The first kappa shape index (κ1) is 8.75. The van der Waals surface area contributed by atoms with E-state index in [0.29, 0.717) is 0 Å². The minimum Gasteiger partial charge on any atom is -0.314 e. The van der Waals surface area contributed by atoms with Crippen LogP contribution in [-0.2, 0) is 12.0 Å². The Hall–Kier alpha value is -0.830. The van der Waals surface area contributed by atoms with E-state index in [0.717, 1.165) is 25.3 Å². The zero-order valence-electron chi connectivity index (χ0n) is 8.59. The van der Waals surface area contributed by atoms with E-state index >= 15 is 0 Å². The van der Waals surface area contributed by atoms with Gasteiger partial charge in [0.2, 0.25) is 0 Å². The number of hydrogen-bond acceptors (Lipinski definition) is 2. The van der Waals surface area contributed by atoms with Crippen LogP contribution < -0.4 is 5.32 Å². The first-order valence-corrected chi connectivity index (χ1v) is 4.85. The SMILES string of the molecule is Cc1cc2n(n1)CCNCC2(C)C. The van der Waals surface area contributed by atoms with Crippen LogP contribution in [0, 0.1) is 6.92 Å². The summed E-state index contributed by atoms with van der Waals surface area (Å²) in [5.41, 5.74) is 2.69. The van der Waals surface area contributed by atoms with Gasteiger partial charge >= 0.3 is 0 Å². The molecule has 13 heavy (non-hydrogen) atoms. The number of aromatic nitrogens is 2. The molecule has 1 aromatic heterocycles. The molecule has 0 atom stereocenters. The van der Waals surface area contributed by atoms with Gasteiger partial charge in [-0.05, 0) is 13.0 Å². The molecule has 0 amide bonds. The first-order valence-electron chi connectivity index (χ1n) is 4.85. The maximum absolute atomic E-state index is 4.48. The Kier molecular flexibility index (Phi) is 1.91. The van der Waals surface area contributed by atoms with Crippen LogP contribution in [-0.4, -0.2) is 22.9 Å². The molecule has 3 nitrogen and oxygen atoms in total. The summed E-state index contributed by atoms with van der Waals surface area (Å²) < 4.78 is 2.13. The summed E-state index contributed by atoms with van der Waals surface area (Å²) in [6.45, 7) is 9.64. The molecule has 1 N–H and O–H groups in total. The number of aryl methyl sites for hydroxylation is 1. The van der Waals surface area contributed by atoms with Gasteiger partial charge in [0, 0.05) is 24.2 Å². The summed E-state index contributed by atoms with van der Waals surface area (Å²) in [7, 11) is 0. The van der Waals surface area contributed by atoms with Crippen molar-refractivity contribution in [3.05, 3.63) is 17.5 Å². The van der Waals surface area contributed by atoms with E-state index < -0.39 is 0 Å². The Morgan fingerprint density at radius 2 is 2.31 bits per heavy atom. The average Bonchev–Trinajstić information content (AvgIpc) is 2.36. The van der Waals surface area contributed by atoms with Crippen LogP contribution in [0.2, 0.25) is 0 Å². The highest BCUT2D eigenvalue weighted by Gasteiger charge is 2.26. The largest absolute Gasteiger partial charge is 0.314 e. The average molecular weight is 179 g/mol. The summed E-state index contributed by atoms with van der Waals surface area (Å²) in [5.74, 6) is 0. The molecule has 0 bridgehead atoms. The Balaban J connectivity index is 2.47. The Labute approximate surface area is 79.1 Å². The van der Waals surface area contributed by atoms with E-state index in [1.807, 2.05) is 0 Å². The Morgan fingerprint density at radius 1 is 1.54 bits per heavy atom. The molecule has 3 heteroatoms. The molecule has 0 fully saturated rings. The van der Waals surface area contributed by atoms with Crippen LogP contribution in [0.1, 0.15) is 25.2 Å². The summed E-state index contributed by atoms with van der Waals surface area (Å²) in [6.07, 6.45) is 0. The third-order valence-corrected chi connectivity index (χ3v) is 2.66. The van der Waals surface area contributed by atoms with Crippen molar-refractivity contribution in [3.8, 4) is 0 Å². The van der Waals surface area contributed by atoms with Crippen LogP contribution in [0.4, 0.5) is 0 Å². The molecular weight excluding hydrogens is 162 g/mol. The number of nitrogens with zero attached hydrogens (tertiary/aromatic N) is 2. The van der Waals surface area contributed by atoms with Gasteiger partial charge in [-0.3, -0.25) is 4.68 Å². The normalized spacial score (nSPS) is 20.8. The highest BCUT2D eigenvalue weighted by atomic mass is 15.3. The maximum Gasteiger partial charge on any atom is 0.0596 e. The van der Waals surface area contributed by atoms with Crippen molar-refractivity contribution in [1.29, 1.82) is 0 Å². The number of hydrogen-bond donors (Lipinski definition) is 1. The lowest BCUT2D eigenvalue weighted by Crippen LogP contribution is -2.31. The van der Waals surface area contributed by atoms with Crippen molar-refractivity contribution < 1.29 is 0 Å². The lowest BCUT2D eigenvalue weighted by atomic mass is 9.89. The van der Waals surface area contributed by atoms with E-state index in [9.17, 15) is 0 Å².